The maximum atomic E-state index is 11.9. The van der Waals surface area contributed by atoms with Crippen LogP contribution in [0.15, 0.2) is 6.33 Å². The van der Waals surface area contributed by atoms with E-state index in [1.165, 1.54) is 0 Å². The average molecular weight is 238 g/mol. The average Bonchev–Trinajstić information content (AvgIpc) is 2.91. The third-order valence-corrected chi connectivity index (χ3v) is 3.10. The molecular formula is C11H18N4O2. The number of aromatic nitrogens is 3. The van der Waals surface area contributed by atoms with Crippen LogP contribution in [0.2, 0.25) is 0 Å². The second-order valence-corrected chi connectivity index (χ2v) is 4.54. The van der Waals surface area contributed by atoms with Crippen molar-refractivity contribution >= 4 is 5.91 Å². The van der Waals surface area contributed by atoms with Crippen molar-refractivity contribution in [2.45, 2.75) is 19.4 Å². The molecule has 0 saturated carbocycles. The van der Waals surface area contributed by atoms with Gasteiger partial charge >= 0.3 is 0 Å². The van der Waals surface area contributed by atoms with E-state index in [-0.39, 0.29) is 5.91 Å². The molecule has 1 saturated heterocycles. The minimum Gasteiger partial charge on any atom is -0.381 e. The van der Waals surface area contributed by atoms with E-state index in [0.717, 1.165) is 18.9 Å². The third-order valence-electron chi connectivity index (χ3n) is 3.10. The van der Waals surface area contributed by atoms with Crippen LogP contribution in [0.5, 0.6) is 0 Å². The van der Waals surface area contributed by atoms with Crippen molar-refractivity contribution in [3.05, 3.63) is 12.2 Å². The molecular weight excluding hydrogens is 220 g/mol. The summed E-state index contributed by atoms with van der Waals surface area (Å²) in [5.41, 5.74) is 0. The van der Waals surface area contributed by atoms with E-state index in [0.29, 0.717) is 25.5 Å². The van der Waals surface area contributed by atoms with Gasteiger partial charge in [0, 0.05) is 33.7 Å². The number of ether oxygens (including phenoxy) is 1. The molecule has 0 radical (unpaired) electrons. The highest BCUT2D eigenvalue weighted by Crippen LogP contribution is 2.17. The fraction of sp³-hybridized carbons (Fsp3) is 0.727. The van der Waals surface area contributed by atoms with E-state index in [2.05, 4.69) is 10.2 Å². The fourth-order valence-electron chi connectivity index (χ4n) is 1.90. The van der Waals surface area contributed by atoms with Gasteiger partial charge in [-0.25, -0.2) is 0 Å². The second kappa shape index (κ2) is 5.27. The van der Waals surface area contributed by atoms with Crippen molar-refractivity contribution in [1.29, 1.82) is 0 Å². The molecule has 17 heavy (non-hydrogen) atoms. The standard InChI is InChI=1S/C11H18N4O2/c1-14(6-10-13-12-8-15(10)2)11(16)5-9-3-4-17-7-9/h8-9H,3-7H2,1-2H3/t9-/m0/s1. The number of aryl methyl sites for hydroxylation is 1. The van der Waals surface area contributed by atoms with Gasteiger partial charge in [-0.2, -0.15) is 0 Å². The van der Waals surface area contributed by atoms with Crippen molar-refractivity contribution in [3.8, 4) is 0 Å². The minimum absolute atomic E-state index is 0.142. The lowest BCUT2D eigenvalue weighted by molar-refractivity contribution is -0.131. The Hall–Kier alpha value is -1.43. The molecule has 1 atom stereocenters. The summed E-state index contributed by atoms with van der Waals surface area (Å²) >= 11 is 0. The van der Waals surface area contributed by atoms with Crippen molar-refractivity contribution in [3.63, 3.8) is 0 Å². The molecule has 1 aliphatic rings. The van der Waals surface area contributed by atoms with Gasteiger partial charge < -0.3 is 14.2 Å². The molecule has 6 heteroatoms. The first-order valence-electron chi connectivity index (χ1n) is 5.81. The Bertz CT molecular complexity index is 385. The monoisotopic (exact) mass is 238 g/mol. The molecule has 0 aliphatic carbocycles. The summed E-state index contributed by atoms with van der Waals surface area (Å²) in [6.07, 6.45) is 3.19. The van der Waals surface area contributed by atoms with Gasteiger partial charge in [0.1, 0.15) is 6.33 Å². The highest BCUT2D eigenvalue weighted by atomic mass is 16.5. The highest BCUT2D eigenvalue weighted by Gasteiger charge is 2.21. The van der Waals surface area contributed by atoms with Gasteiger partial charge in [-0.3, -0.25) is 4.79 Å². The quantitative estimate of drug-likeness (QED) is 0.752. The van der Waals surface area contributed by atoms with Crippen LogP contribution in [0.1, 0.15) is 18.7 Å². The minimum atomic E-state index is 0.142. The number of rotatable bonds is 4. The van der Waals surface area contributed by atoms with Crippen LogP contribution in [-0.4, -0.2) is 45.8 Å². The Labute approximate surface area is 101 Å². The lowest BCUT2D eigenvalue weighted by Gasteiger charge is -2.18. The maximum Gasteiger partial charge on any atom is 0.223 e. The summed E-state index contributed by atoms with van der Waals surface area (Å²) in [5, 5.41) is 7.76. The van der Waals surface area contributed by atoms with Gasteiger partial charge in [0.05, 0.1) is 6.54 Å². The molecule has 2 rings (SSSR count). The van der Waals surface area contributed by atoms with Crippen LogP contribution in [0.3, 0.4) is 0 Å². The predicted molar refractivity (Wildman–Crippen MR) is 61.0 cm³/mol. The second-order valence-electron chi connectivity index (χ2n) is 4.54. The number of amides is 1. The van der Waals surface area contributed by atoms with Crippen molar-refractivity contribution < 1.29 is 9.53 Å². The van der Waals surface area contributed by atoms with E-state index in [1.807, 2.05) is 11.6 Å². The maximum absolute atomic E-state index is 11.9. The van der Waals surface area contributed by atoms with Gasteiger partial charge in [0.2, 0.25) is 5.91 Å². The number of nitrogens with zero attached hydrogens (tertiary/aromatic N) is 4. The first-order valence-corrected chi connectivity index (χ1v) is 5.81. The van der Waals surface area contributed by atoms with Crippen molar-refractivity contribution in [2.75, 3.05) is 20.3 Å². The summed E-state index contributed by atoms with van der Waals surface area (Å²) in [4.78, 5) is 13.6. The van der Waals surface area contributed by atoms with Gasteiger partial charge in [-0.15, -0.1) is 10.2 Å². The van der Waals surface area contributed by atoms with E-state index >= 15 is 0 Å². The van der Waals surface area contributed by atoms with Crippen molar-refractivity contribution in [2.24, 2.45) is 13.0 Å². The van der Waals surface area contributed by atoms with Crippen molar-refractivity contribution in [1.82, 2.24) is 19.7 Å². The zero-order valence-electron chi connectivity index (χ0n) is 10.3. The predicted octanol–water partition coefficient (Wildman–Crippen LogP) is 0.200. The first kappa shape index (κ1) is 12.0. The van der Waals surface area contributed by atoms with Crippen LogP contribution in [0.25, 0.3) is 0 Å². The van der Waals surface area contributed by atoms with Gasteiger partial charge in [0.15, 0.2) is 5.82 Å². The molecule has 1 aromatic heterocycles. The molecule has 94 valence electrons. The Morgan fingerprint density at radius 3 is 3.12 bits per heavy atom. The van der Waals surface area contributed by atoms with Gasteiger partial charge in [-0.05, 0) is 12.3 Å². The Morgan fingerprint density at radius 1 is 1.71 bits per heavy atom. The molecule has 6 nitrogen and oxygen atoms in total. The molecule has 1 fully saturated rings. The Kier molecular flexibility index (Phi) is 3.73. The SMILES string of the molecule is CN(Cc1nncn1C)C(=O)C[C@@H]1CCOC1. The molecule has 2 heterocycles. The molecule has 1 aliphatic heterocycles. The Morgan fingerprint density at radius 2 is 2.53 bits per heavy atom. The van der Waals surface area contributed by atoms with Crippen LogP contribution < -0.4 is 0 Å². The summed E-state index contributed by atoms with van der Waals surface area (Å²) in [6, 6.07) is 0. The number of carbonyl (C=O) groups excluding carboxylic acids is 1. The van der Waals surface area contributed by atoms with Gasteiger partial charge in [0.25, 0.3) is 0 Å². The van der Waals surface area contributed by atoms with Gasteiger partial charge in [-0.1, -0.05) is 0 Å². The molecule has 0 N–H and O–H groups in total. The van der Waals surface area contributed by atoms with E-state index in [1.54, 1.807) is 18.3 Å². The van der Waals surface area contributed by atoms with E-state index < -0.39 is 0 Å². The van der Waals surface area contributed by atoms with E-state index in [9.17, 15) is 4.79 Å². The molecule has 0 aromatic carbocycles. The number of carbonyl (C=O) groups is 1. The lowest BCUT2D eigenvalue weighted by atomic mass is 10.0. The zero-order valence-corrected chi connectivity index (χ0v) is 10.3. The fourth-order valence-corrected chi connectivity index (χ4v) is 1.90. The highest BCUT2D eigenvalue weighted by molar-refractivity contribution is 5.76. The molecule has 1 aromatic rings. The number of hydrogen-bond donors (Lipinski definition) is 0. The lowest BCUT2D eigenvalue weighted by Crippen LogP contribution is -2.29. The molecule has 0 spiro atoms. The van der Waals surface area contributed by atoms with Crippen LogP contribution in [0, 0.1) is 5.92 Å². The van der Waals surface area contributed by atoms with Crippen LogP contribution >= 0.6 is 0 Å². The largest absolute Gasteiger partial charge is 0.381 e. The molecule has 0 bridgehead atoms. The summed E-state index contributed by atoms with van der Waals surface area (Å²) in [5.74, 6) is 1.32. The third kappa shape index (κ3) is 3.03. The molecule has 1 amide bonds. The zero-order chi connectivity index (χ0) is 12.3. The summed E-state index contributed by atoms with van der Waals surface area (Å²) in [6.45, 7) is 2.00. The molecule has 0 unspecified atom stereocenters. The smallest absolute Gasteiger partial charge is 0.223 e. The summed E-state index contributed by atoms with van der Waals surface area (Å²) < 4.78 is 7.09. The van der Waals surface area contributed by atoms with E-state index in [4.69, 9.17) is 4.74 Å². The van der Waals surface area contributed by atoms with Crippen LogP contribution in [-0.2, 0) is 23.1 Å². The first-order chi connectivity index (χ1) is 8.16. The normalized spacial score (nSPS) is 19.5. The number of hydrogen-bond acceptors (Lipinski definition) is 4. The Balaban J connectivity index is 1.84. The summed E-state index contributed by atoms with van der Waals surface area (Å²) in [7, 11) is 3.67. The van der Waals surface area contributed by atoms with Crippen LogP contribution in [0.4, 0.5) is 0 Å². The topological polar surface area (TPSA) is 60.2 Å².